The molecule has 0 amide bonds. The number of ether oxygens (including phenoxy) is 1. The monoisotopic (exact) mass is 284 g/mol. The van der Waals surface area contributed by atoms with Crippen LogP contribution in [-0.4, -0.2) is 50.9 Å². The molecule has 4 unspecified atom stereocenters. The Kier molecular flexibility index (Phi) is 4.46. The Morgan fingerprint density at radius 2 is 2.05 bits per heavy atom. The molecule has 7 nitrogen and oxygen atoms in total. The third kappa shape index (κ3) is 2.78. The fourth-order valence-electron chi connectivity index (χ4n) is 1.64. The molecule has 0 heterocycles. The van der Waals surface area contributed by atoms with E-state index >= 15 is 0 Å². The first kappa shape index (κ1) is 16.1. The summed E-state index contributed by atoms with van der Waals surface area (Å²) in [6.45, 7) is 3.27. The number of carbonyl (C=O) groups is 3. The van der Waals surface area contributed by atoms with Crippen molar-refractivity contribution in [3.05, 3.63) is 24.3 Å². The lowest BCUT2D eigenvalue weighted by molar-refractivity contribution is -0.194. The van der Waals surface area contributed by atoms with E-state index in [1.807, 2.05) is 0 Å². The van der Waals surface area contributed by atoms with Crippen LogP contribution < -0.4 is 0 Å². The van der Waals surface area contributed by atoms with Crippen molar-refractivity contribution in [1.29, 1.82) is 0 Å². The Bertz CT molecular complexity index is 481. The zero-order valence-corrected chi connectivity index (χ0v) is 11.0. The second-order valence-corrected chi connectivity index (χ2v) is 4.79. The zero-order valence-electron chi connectivity index (χ0n) is 11.0. The van der Waals surface area contributed by atoms with E-state index in [-0.39, 0.29) is 12.2 Å². The van der Waals surface area contributed by atoms with Gasteiger partial charge in [-0.1, -0.05) is 25.2 Å². The molecule has 0 saturated carbocycles. The van der Waals surface area contributed by atoms with E-state index in [1.165, 1.54) is 13.0 Å². The summed E-state index contributed by atoms with van der Waals surface area (Å²) in [5.74, 6) is -3.68. The van der Waals surface area contributed by atoms with Crippen LogP contribution in [0.1, 0.15) is 13.8 Å². The van der Waals surface area contributed by atoms with Gasteiger partial charge in [0.1, 0.15) is 5.60 Å². The standard InChI is InChI=1S/C13H16O7/c1-8-5-3-4-6-12(8,2)20-11(18)13(19,7-14)9(15)10(16)17/h3-9,15,19H,1-2H3,(H,16,17). The Hall–Kier alpha value is -1.99. The van der Waals surface area contributed by atoms with Gasteiger partial charge < -0.3 is 20.1 Å². The largest absolute Gasteiger partial charge is 0.479 e. The lowest BCUT2D eigenvalue weighted by Crippen LogP contribution is -2.57. The maximum absolute atomic E-state index is 11.9. The van der Waals surface area contributed by atoms with Gasteiger partial charge in [0, 0.05) is 5.92 Å². The van der Waals surface area contributed by atoms with Crippen LogP contribution >= 0.6 is 0 Å². The summed E-state index contributed by atoms with van der Waals surface area (Å²) in [5, 5.41) is 27.6. The number of aliphatic carboxylic acids is 1. The number of carboxylic acids is 1. The first-order valence-electron chi connectivity index (χ1n) is 5.86. The summed E-state index contributed by atoms with van der Waals surface area (Å²) in [4.78, 5) is 33.4. The lowest BCUT2D eigenvalue weighted by atomic mass is 9.86. The van der Waals surface area contributed by atoms with E-state index in [4.69, 9.17) is 9.84 Å². The van der Waals surface area contributed by atoms with Crippen LogP contribution in [0.4, 0.5) is 0 Å². The van der Waals surface area contributed by atoms with Gasteiger partial charge in [-0.05, 0) is 13.0 Å². The SMILES string of the molecule is CC1C=CC=CC1(C)OC(=O)C(O)(C=O)C(O)C(=O)O. The van der Waals surface area contributed by atoms with Gasteiger partial charge in [-0.15, -0.1) is 0 Å². The maximum atomic E-state index is 11.9. The van der Waals surface area contributed by atoms with Crippen LogP contribution in [0, 0.1) is 5.92 Å². The number of esters is 1. The molecule has 0 bridgehead atoms. The zero-order chi connectivity index (χ0) is 15.6. The average Bonchev–Trinajstić information content (AvgIpc) is 2.40. The number of aliphatic hydroxyl groups excluding tert-OH is 1. The molecular weight excluding hydrogens is 268 g/mol. The van der Waals surface area contributed by atoms with Crippen LogP contribution in [0.25, 0.3) is 0 Å². The minimum atomic E-state index is -3.15. The summed E-state index contributed by atoms with van der Waals surface area (Å²) in [6.07, 6.45) is 3.67. The van der Waals surface area contributed by atoms with Crippen molar-refractivity contribution < 1.29 is 34.4 Å². The van der Waals surface area contributed by atoms with Crippen molar-refractivity contribution in [2.45, 2.75) is 31.2 Å². The van der Waals surface area contributed by atoms with E-state index in [0.717, 1.165) is 0 Å². The number of allylic oxidation sites excluding steroid dienone is 2. The molecule has 1 aliphatic carbocycles. The highest BCUT2D eigenvalue weighted by atomic mass is 16.6. The molecule has 20 heavy (non-hydrogen) atoms. The molecule has 1 aliphatic rings. The number of aldehydes is 1. The van der Waals surface area contributed by atoms with Crippen LogP contribution in [0.3, 0.4) is 0 Å². The summed E-state index contributed by atoms with van der Waals surface area (Å²) in [7, 11) is 0. The highest BCUT2D eigenvalue weighted by molar-refractivity contribution is 6.02. The van der Waals surface area contributed by atoms with E-state index in [0.29, 0.717) is 0 Å². The van der Waals surface area contributed by atoms with Crippen LogP contribution in [-0.2, 0) is 19.1 Å². The van der Waals surface area contributed by atoms with Crippen LogP contribution in [0.2, 0.25) is 0 Å². The first-order valence-corrected chi connectivity index (χ1v) is 5.86. The van der Waals surface area contributed by atoms with Gasteiger partial charge in [0.2, 0.25) is 0 Å². The summed E-state index contributed by atoms with van der Waals surface area (Å²) in [5.41, 5.74) is -4.30. The Morgan fingerprint density at radius 3 is 2.50 bits per heavy atom. The van der Waals surface area contributed by atoms with E-state index in [1.54, 1.807) is 25.2 Å². The van der Waals surface area contributed by atoms with Crippen LogP contribution in [0.15, 0.2) is 24.3 Å². The second-order valence-electron chi connectivity index (χ2n) is 4.79. The van der Waals surface area contributed by atoms with Crippen molar-refractivity contribution in [3.8, 4) is 0 Å². The molecule has 110 valence electrons. The van der Waals surface area contributed by atoms with Gasteiger partial charge >= 0.3 is 11.9 Å². The van der Waals surface area contributed by atoms with E-state index in [9.17, 15) is 24.6 Å². The number of rotatable bonds is 5. The fourth-order valence-corrected chi connectivity index (χ4v) is 1.64. The second kappa shape index (κ2) is 5.56. The molecule has 0 fully saturated rings. The van der Waals surface area contributed by atoms with Crippen molar-refractivity contribution >= 4 is 18.2 Å². The number of carboxylic acid groups (broad SMARTS) is 1. The fraction of sp³-hybridized carbons (Fsp3) is 0.462. The smallest absolute Gasteiger partial charge is 0.350 e. The van der Waals surface area contributed by atoms with Gasteiger partial charge in [0.25, 0.3) is 5.60 Å². The molecule has 1 rings (SSSR count). The molecule has 0 radical (unpaired) electrons. The average molecular weight is 284 g/mol. The molecule has 0 saturated heterocycles. The normalized spacial score (nSPS) is 29.3. The number of carbonyl (C=O) groups excluding carboxylic acids is 2. The molecule has 3 N–H and O–H groups in total. The molecule has 0 aromatic carbocycles. The van der Waals surface area contributed by atoms with Crippen molar-refractivity contribution in [3.63, 3.8) is 0 Å². The third-order valence-corrected chi connectivity index (χ3v) is 3.31. The van der Waals surface area contributed by atoms with E-state index < -0.39 is 29.2 Å². The van der Waals surface area contributed by atoms with Crippen molar-refractivity contribution in [2.24, 2.45) is 5.92 Å². The maximum Gasteiger partial charge on any atom is 0.350 e. The molecule has 7 heteroatoms. The Morgan fingerprint density at radius 1 is 1.45 bits per heavy atom. The van der Waals surface area contributed by atoms with Gasteiger partial charge in [-0.2, -0.15) is 0 Å². The number of aliphatic hydroxyl groups is 2. The molecular formula is C13H16O7. The molecule has 0 aliphatic heterocycles. The minimum Gasteiger partial charge on any atom is -0.479 e. The molecule has 0 aromatic rings. The van der Waals surface area contributed by atoms with Gasteiger partial charge in [0.05, 0.1) is 0 Å². The molecule has 4 atom stereocenters. The minimum absolute atomic E-state index is 0.255. The van der Waals surface area contributed by atoms with E-state index in [2.05, 4.69) is 0 Å². The van der Waals surface area contributed by atoms with Gasteiger partial charge in [-0.25, -0.2) is 9.59 Å². The van der Waals surface area contributed by atoms with Crippen molar-refractivity contribution in [1.82, 2.24) is 0 Å². The van der Waals surface area contributed by atoms with Crippen molar-refractivity contribution in [2.75, 3.05) is 0 Å². The molecule has 0 spiro atoms. The predicted octanol–water partition coefficient (Wildman–Crippen LogP) is -0.574. The summed E-state index contributed by atoms with van der Waals surface area (Å²) < 4.78 is 5.04. The Balaban J connectivity index is 2.99. The predicted molar refractivity (Wildman–Crippen MR) is 66.6 cm³/mol. The number of hydrogen-bond acceptors (Lipinski definition) is 6. The summed E-state index contributed by atoms with van der Waals surface area (Å²) >= 11 is 0. The highest BCUT2D eigenvalue weighted by Gasteiger charge is 2.51. The van der Waals surface area contributed by atoms with Gasteiger partial charge in [-0.3, -0.25) is 4.79 Å². The topological polar surface area (TPSA) is 121 Å². The molecule has 0 aromatic heterocycles. The third-order valence-electron chi connectivity index (χ3n) is 3.31. The van der Waals surface area contributed by atoms with Crippen LogP contribution in [0.5, 0.6) is 0 Å². The highest BCUT2D eigenvalue weighted by Crippen LogP contribution is 2.29. The Labute approximate surface area is 115 Å². The lowest BCUT2D eigenvalue weighted by Gasteiger charge is -2.35. The van der Waals surface area contributed by atoms with Gasteiger partial charge in [0.15, 0.2) is 12.4 Å². The first-order chi connectivity index (χ1) is 9.17. The quantitative estimate of drug-likeness (QED) is 0.351. The summed E-state index contributed by atoms with van der Waals surface area (Å²) in [6, 6.07) is 0. The number of hydrogen-bond donors (Lipinski definition) is 3.